The topological polar surface area (TPSA) is 54.9 Å². The molecule has 1 aromatic heterocycles. The highest BCUT2D eigenvalue weighted by molar-refractivity contribution is 6.74. The molecular weight excluding hydrogens is 406 g/mol. The largest absolute Gasteiger partial charge is 0.444 e. The Labute approximate surface area is 181 Å². The van der Waals surface area contributed by atoms with Crippen molar-refractivity contribution in [3.63, 3.8) is 0 Å². The number of nitrogens with zero attached hydrogens (tertiary/aromatic N) is 3. The maximum absolute atomic E-state index is 12.8. The average Bonchev–Trinajstić information content (AvgIpc) is 2.58. The first-order valence-corrected chi connectivity index (χ1v) is 13.5. The number of amides is 1. The minimum Gasteiger partial charge on any atom is -0.444 e. The van der Waals surface area contributed by atoms with Crippen molar-refractivity contribution in [3.05, 3.63) is 23.5 Å². The number of ether oxygens (including phenoxy) is 1. The van der Waals surface area contributed by atoms with Crippen molar-refractivity contribution in [3.8, 4) is 0 Å². The van der Waals surface area contributed by atoms with Crippen LogP contribution in [0.2, 0.25) is 23.3 Å². The highest BCUT2D eigenvalue weighted by Gasteiger charge is 2.40. The van der Waals surface area contributed by atoms with E-state index in [1.54, 1.807) is 12.3 Å². The Kier molecular flexibility index (Phi) is 7.29. The van der Waals surface area contributed by atoms with E-state index < -0.39 is 13.9 Å². The van der Waals surface area contributed by atoms with Gasteiger partial charge in [0.05, 0.1) is 24.5 Å². The molecule has 1 aromatic rings. The van der Waals surface area contributed by atoms with Crippen molar-refractivity contribution in [2.45, 2.75) is 71.3 Å². The average molecular weight is 442 g/mol. The van der Waals surface area contributed by atoms with Gasteiger partial charge in [0.15, 0.2) is 8.32 Å². The van der Waals surface area contributed by atoms with Gasteiger partial charge >= 0.3 is 6.09 Å². The van der Waals surface area contributed by atoms with Gasteiger partial charge in [-0.3, -0.25) is 4.90 Å². The number of aromatic nitrogens is 1. The Morgan fingerprint density at radius 3 is 2.38 bits per heavy atom. The predicted molar refractivity (Wildman–Crippen MR) is 121 cm³/mol. The van der Waals surface area contributed by atoms with Gasteiger partial charge in [0, 0.05) is 19.6 Å². The molecular formula is C21H36ClN3O3Si. The molecule has 2 heterocycles. The van der Waals surface area contributed by atoms with Crippen LogP contribution in [-0.2, 0) is 9.16 Å². The van der Waals surface area contributed by atoms with Crippen LogP contribution in [0.25, 0.3) is 0 Å². The van der Waals surface area contributed by atoms with Gasteiger partial charge in [-0.2, -0.15) is 0 Å². The van der Waals surface area contributed by atoms with Gasteiger partial charge in [0.25, 0.3) is 0 Å². The SMILES string of the molecule is CC(C)(C)OC(=O)N1CCN(c2ccc(Cl)nc2)CC1CO[Si](C)(C)C(C)(C)C. The molecule has 0 radical (unpaired) electrons. The van der Waals surface area contributed by atoms with E-state index in [9.17, 15) is 4.79 Å². The van der Waals surface area contributed by atoms with Crippen LogP contribution in [0.15, 0.2) is 18.3 Å². The van der Waals surface area contributed by atoms with Gasteiger partial charge in [0.1, 0.15) is 10.8 Å². The number of carbonyl (C=O) groups excluding carboxylic acids is 1. The first kappa shape index (κ1) is 24.0. The van der Waals surface area contributed by atoms with Gasteiger partial charge in [-0.25, -0.2) is 9.78 Å². The van der Waals surface area contributed by atoms with Crippen molar-refractivity contribution in [2.24, 2.45) is 0 Å². The van der Waals surface area contributed by atoms with E-state index in [0.717, 1.165) is 5.69 Å². The van der Waals surface area contributed by atoms with E-state index in [2.05, 4.69) is 43.7 Å². The van der Waals surface area contributed by atoms with Crippen LogP contribution in [-0.4, -0.2) is 62.2 Å². The maximum Gasteiger partial charge on any atom is 0.410 e. The Balaban J connectivity index is 2.18. The molecule has 0 aromatic carbocycles. The molecule has 29 heavy (non-hydrogen) atoms. The molecule has 1 atom stereocenters. The fourth-order valence-corrected chi connectivity index (χ4v) is 4.02. The van der Waals surface area contributed by atoms with Crippen LogP contribution in [0, 0.1) is 0 Å². The third kappa shape index (κ3) is 6.59. The number of carbonyl (C=O) groups is 1. The van der Waals surface area contributed by atoms with Crippen LogP contribution >= 0.6 is 11.6 Å². The van der Waals surface area contributed by atoms with Crippen molar-refractivity contribution >= 4 is 31.7 Å². The van der Waals surface area contributed by atoms with E-state index in [-0.39, 0.29) is 17.2 Å². The van der Waals surface area contributed by atoms with Gasteiger partial charge in [0.2, 0.25) is 0 Å². The van der Waals surface area contributed by atoms with Crippen LogP contribution in [0.5, 0.6) is 0 Å². The molecule has 1 fully saturated rings. The molecule has 1 amide bonds. The number of hydrogen-bond donors (Lipinski definition) is 0. The van der Waals surface area contributed by atoms with E-state index in [1.165, 1.54) is 0 Å². The normalized spacial score (nSPS) is 18.7. The summed E-state index contributed by atoms with van der Waals surface area (Å²) in [4.78, 5) is 21.1. The number of anilines is 1. The summed E-state index contributed by atoms with van der Waals surface area (Å²) in [6.07, 6.45) is 1.49. The Morgan fingerprint density at radius 1 is 1.21 bits per heavy atom. The minimum absolute atomic E-state index is 0.0941. The lowest BCUT2D eigenvalue weighted by Crippen LogP contribution is -2.59. The molecule has 0 bridgehead atoms. The lowest BCUT2D eigenvalue weighted by molar-refractivity contribution is 0.00783. The molecule has 164 valence electrons. The summed E-state index contributed by atoms with van der Waals surface area (Å²) in [7, 11) is -1.94. The van der Waals surface area contributed by atoms with E-state index in [0.29, 0.717) is 31.4 Å². The molecule has 0 spiro atoms. The zero-order valence-corrected chi connectivity index (χ0v) is 20.8. The molecule has 0 N–H and O–H groups in total. The van der Waals surface area contributed by atoms with Crippen molar-refractivity contribution in [1.82, 2.24) is 9.88 Å². The van der Waals surface area contributed by atoms with E-state index >= 15 is 0 Å². The van der Waals surface area contributed by atoms with Crippen LogP contribution in [0.4, 0.5) is 10.5 Å². The summed E-state index contributed by atoms with van der Waals surface area (Å²) in [6, 6.07) is 3.66. The molecule has 1 unspecified atom stereocenters. The van der Waals surface area contributed by atoms with Gasteiger partial charge in [-0.1, -0.05) is 32.4 Å². The fourth-order valence-electron chi connectivity index (χ4n) is 2.87. The number of hydrogen-bond acceptors (Lipinski definition) is 5. The minimum atomic E-state index is -1.94. The molecule has 0 aliphatic carbocycles. The standard InChI is InChI=1S/C21H36ClN3O3Si/c1-20(2,3)28-19(26)25-12-11-24(16-9-10-18(22)23-13-16)14-17(25)15-27-29(7,8)21(4,5)6/h9-10,13,17H,11-12,14-15H2,1-8H3. The summed E-state index contributed by atoms with van der Waals surface area (Å²) in [5.74, 6) is 0. The third-order valence-electron chi connectivity index (χ3n) is 5.63. The monoisotopic (exact) mass is 441 g/mol. The van der Waals surface area contributed by atoms with E-state index in [4.69, 9.17) is 20.8 Å². The maximum atomic E-state index is 12.8. The molecule has 1 saturated heterocycles. The summed E-state index contributed by atoms with van der Waals surface area (Å²) >= 11 is 5.93. The van der Waals surface area contributed by atoms with Gasteiger partial charge in [-0.15, -0.1) is 0 Å². The highest BCUT2D eigenvalue weighted by Crippen LogP contribution is 2.37. The second-order valence-electron chi connectivity index (χ2n) is 10.2. The Hall–Kier alpha value is -1.31. The lowest BCUT2D eigenvalue weighted by atomic mass is 10.1. The zero-order chi connectivity index (χ0) is 22.0. The second kappa shape index (κ2) is 8.82. The number of pyridine rings is 1. The summed E-state index contributed by atoms with van der Waals surface area (Å²) in [6.45, 7) is 19.2. The second-order valence-corrected chi connectivity index (χ2v) is 15.4. The lowest BCUT2D eigenvalue weighted by Gasteiger charge is -2.44. The fraction of sp³-hybridized carbons (Fsp3) is 0.714. The van der Waals surface area contributed by atoms with E-state index in [1.807, 2.05) is 31.7 Å². The van der Waals surface area contributed by atoms with Crippen molar-refractivity contribution < 1.29 is 14.0 Å². The molecule has 0 saturated carbocycles. The smallest absolute Gasteiger partial charge is 0.410 e. The quantitative estimate of drug-likeness (QED) is 0.475. The summed E-state index contributed by atoms with van der Waals surface area (Å²) in [5, 5.41) is 0.581. The van der Waals surface area contributed by atoms with Crippen molar-refractivity contribution in [1.29, 1.82) is 0 Å². The molecule has 8 heteroatoms. The Bertz CT molecular complexity index is 699. The van der Waals surface area contributed by atoms with Gasteiger partial charge < -0.3 is 14.1 Å². The molecule has 1 aliphatic heterocycles. The highest BCUT2D eigenvalue weighted by atomic mass is 35.5. The first-order valence-electron chi connectivity index (χ1n) is 10.2. The number of halogens is 1. The van der Waals surface area contributed by atoms with Crippen LogP contribution in [0.3, 0.4) is 0 Å². The Morgan fingerprint density at radius 2 is 1.86 bits per heavy atom. The summed E-state index contributed by atoms with van der Waals surface area (Å²) in [5.41, 5.74) is 0.467. The molecule has 1 aliphatic rings. The third-order valence-corrected chi connectivity index (χ3v) is 10.4. The number of piperazine rings is 1. The zero-order valence-electron chi connectivity index (χ0n) is 19.1. The molecule has 6 nitrogen and oxygen atoms in total. The summed E-state index contributed by atoms with van der Waals surface area (Å²) < 4.78 is 12.1. The number of rotatable bonds is 4. The molecule has 2 rings (SSSR count). The first-order chi connectivity index (χ1) is 13.2. The van der Waals surface area contributed by atoms with Gasteiger partial charge in [-0.05, 0) is 51.0 Å². The predicted octanol–water partition coefficient (Wildman–Crippen LogP) is 5.18. The van der Waals surface area contributed by atoms with Crippen molar-refractivity contribution in [2.75, 3.05) is 31.1 Å². The van der Waals surface area contributed by atoms with Crippen LogP contribution in [0.1, 0.15) is 41.5 Å². The van der Waals surface area contributed by atoms with Crippen LogP contribution < -0.4 is 4.90 Å².